The van der Waals surface area contributed by atoms with E-state index >= 15 is 4.39 Å². The van der Waals surface area contributed by atoms with Crippen LogP contribution in [0, 0.1) is 10.1 Å². The molecule has 8 heteroatoms. The van der Waals surface area contributed by atoms with Gasteiger partial charge in [0.1, 0.15) is 11.5 Å². The Morgan fingerprint density at radius 2 is 1.66 bits per heavy atom. The van der Waals surface area contributed by atoms with E-state index in [4.69, 9.17) is 4.74 Å². The first-order valence-corrected chi connectivity index (χ1v) is 9.98. The normalized spacial score (nSPS) is 18.9. The summed E-state index contributed by atoms with van der Waals surface area (Å²) < 4.78 is 22.2. The summed E-state index contributed by atoms with van der Waals surface area (Å²) in [6, 6.07) is 23.7. The molecule has 162 valence electrons. The van der Waals surface area contributed by atoms with E-state index in [1.54, 1.807) is 72.8 Å². The molecule has 32 heavy (non-hydrogen) atoms. The van der Waals surface area contributed by atoms with Crippen LogP contribution in [0.3, 0.4) is 0 Å². The fourth-order valence-corrected chi connectivity index (χ4v) is 3.75. The lowest BCUT2D eigenvalue weighted by molar-refractivity contribution is -0.485. The van der Waals surface area contributed by atoms with E-state index in [0.29, 0.717) is 17.2 Å². The highest BCUT2D eigenvalue weighted by Crippen LogP contribution is 2.41. The number of hydrogen-bond donors (Lipinski definition) is 0. The first kappa shape index (κ1) is 21.2. The number of para-hydroxylation sites is 2. The molecule has 1 amide bonds. The second-order valence-electron chi connectivity index (χ2n) is 7.41. The summed E-state index contributed by atoms with van der Waals surface area (Å²) in [6.07, 6.45) is 0. The van der Waals surface area contributed by atoms with Crippen LogP contribution in [0.2, 0.25) is 0 Å². The van der Waals surface area contributed by atoms with Crippen molar-refractivity contribution in [3.8, 4) is 11.5 Å². The number of rotatable bonds is 7. The number of nitrogens with zero attached hydrogens (tertiary/aromatic N) is 3. The molecule has 7 nitrogen and oxygen atoms in total. The summed E-state index contributed by atoms with van der Waals surface area (Å²) >= 11 is 0. The van der Waals surface area contributed by atoms with Crippen LogP contribution in [0.4, 0.5) is 10.1 Å². The SMILES string of the molecule is CC1=NN(c2ccccc2)C(=O)[C@]1(F)[C@H](C[N+](=O)[O-])c1cccc(Oc2ccccc2)c1. The van der Waals surface area contributed by atoms with Crippen molar-refractivity contribution in [2.75, 3.05) is 11.6 Å². The van der Waals surface area contributed by atoms with Crippen molar-refractivity contribution in [1.29, 1.82) is 0 Å². The number of carbonyl (C=O) groups excluding carboxylic acids is 1. The second kappa shape index (κ2) is 8.58. The molecule has 0 saturated heterocycles. The number of hydrogen-bond acceptors (Lipinski definition) is 5. The highest BCUT2D eigenvalue weighted by Gasteiger charge is 2.58. The van der Waals surface area contributed by atoms with E-state index in [0.717, 1.165) is 5.01 Å². The summed E-state index contributed by atoms with van der Waals surface area (Å²) in [4.78, 5) is 24.0. The van der Waals surface area contributed by atoms with Crippen LogP contribution in [0.15, 0.2) is 90.0 Å². The van der Waals surface area contributed by atoms with Gasteiger partial charge in [-0.1, -0.05) is 48.5 Å². The maximum atomic E-state index is 16.4. The maximum Gasteiger partial charge on any atom is 0.291 e. The molecule has 3 aromatic rings. The molecule has 0 unspecified atom stereocenters. The molecule has 1 aliphatic heterocycles. The summed E-state index contributed by atoms with van der Waals surface area (Å²) in [7, 11) is 0. The number of hydrazone groups is 1. The zero-order valence-electron chi connectivity index (χ0n) is 17.2. The lowest BCUT2D eigenvalue weighted by Crippen LogP contribution is -2.49. The fraction of sp³-hybridized carbons (Fsp3) is 0.167. The average Bonchev–Trinajstić information content (AvgIpc) is 3.03. The van der Waals surface area contributed by atoms with Gasteiger partial charge in [0.15, 0.2) is 0 Å². The molecule has 1 aliphatic rings. The van der Waals surface area contributed by atoms with Gasteiger partial charge in [-0.25, -0.2) is 4.39 Å². The van der Waals surface area contributed by atoms with E-state index in [1.807, 2.05) is 6.07 Å². The Morgan fingerprint density at radius 1 is 1.03 bits per heavy atom. The number of nitro groups is 1. The second-order valence-corrected chi connectivity index (χ2v) is 7.41. The maximum absolute atomic E-state index is 16.4. The van der Waals surface area contributed by atoms with Gasteiger partial charge in [0, 0.05) is 4.92 Å². The van der Waals surface area contributed by atoms with Gasteiger partial charge in [-0.05, 0) is 48.9 Å². The minimum Gasteiger partial charge on any atom is -0.457 e. The predicted molar refractivity (Wildman–Crippen MR) is 118 cm³/mol. The third-order valence-electron chi connectivity index (χ3n) is 5.33. The molecule has 0 saturated carbocycles. The van der Waals surface area contributed by atoms with Crippen molar-refractivity contribution >= 4 is 17.3 Å². The highest BCUT2D eigenvalue weighted by atomic mass is 19.1. The van der Waals surface area contributed by atoms with Gasteiger partial charge in [0.25, 0.3) is 5.91 Å². The van der Waals surface area contributed by atoms with Crippen LogP contribution < -0.4 is 9.75 Å². The molecule has 0 aromatic heterocycles. The Labute approximate surface area is 183 Å². The lowest BCUT2D eigenvalue weighted by atomic mass is 9.80. The number of carbonyl (C=O) groups is 1. The van der Waals surface area contributed by atoms with Gasteiger partial charge < -0.3 is 4.74 Å². The minimum absolute atomic E-state index is 0.132. The van der Waals surface area contributed by atoms with Crippen LogP contribution in [-0.4, -0.2) is 28.8 Å². The summed E-state index contributed by atoms with van der Waals surface area (Å²) in [5, 5.41) is 16.5. The van der Waals surface area contributed by atoms with E-state index in [9.17, 15) is 14.9 Å². The van der Waals surface area contributed by atoms with Gasteiger partial charge in [0.2, 0.25) is 12.2 Å². The lowest BCUT2D eigenvalue weighted by Gasteiger charge is -2.27. The zero-order chi connectivity index (χ0) is 22.7. The van der Waals surface area contributed by atoms with E-state index < -0.39 is 29.0 Å². The first-order chi connectivity index (χ1) is 15.4. The molecule has 0 spiro atoms. The monoisotopic (exact) mass is 433 g/mol. The summed E-state index contributed by atoms with van der Waals surface area (Å²) in [5.41, 5.74) is -2.14. The summed E-state index contributed by atoms with van der Waals surface area (Å²) in [5.74, 6) is -1.40. The molecule has 3 aromatic carbocycles. The van der Waals surface area contributed by atoms with Crippen molar-refractivity contribution in [3.05, 3.63) is 101 Å². The average molecular weight is 433 g/mol. The zero-order valence-corrected chi connectivity index (χ0v) is 17.2. The Morgan fingerprint density at radius 3 is 2.31 bits per heavy atom. The molecule has 0 aliphatic carbocycles. The number of halogens is 1. The quantitative estimate of drug-likeness (QED) is 0.389. The van der Waals surface area contributed by atoms with Gasteiger partial charge in [-0.2, -0.15) is 10.1 Å². The van der Waals surface area contributed by atoms with Gasteiger partial charge in [0.05, 0.1) is 17.3 Å². The molecule has 0 fully saturated rings. The predicted octanol–water partition coefficient (Wildman–Crippen LogP) is 4.97. The molecular weight excluding hydrogens is 413 g/mol. The Hall–Kier alpha value is -4.07. The largest absolute Gasteiger partial charge is 0.457 e. The Bertz CT molecular complexity index is 1170. The van der Waals surface area contributed by atoms with Crippen LogP contribution in [0.5, 0.6) is 11.5 Å². The topological polar surface area (TPSA) is 85.0 Å². The number of amides is 1. The van der Waals surface area contributed by atoms with Crippen LogP contribution in [0.1, 0.15) is 18.4 Å². The van der Waals surface area contributed by atoms with Gasteiger partial charge in [-0.15, -0.1) is 0 Å². The van der Waals surface area contributed by atoms with E-state index in [-0.39, 0.29) is 11.3 Å². The molecule has 0 bridgehead atoms. The van der Waals surface area contributed by atoms with Crippen LogP contribution in [-0.2, 0) is 4.79 Å². The molecule has 2 atom stereocenters. The van der Waals surface area contributed by atoms with E-state index in [1.165, 1.54) is 13.0 Å². The molecule has 0 radical (unpaired) electrons. The highest BCUT2D eigenvalue weighted by molar-refractivity contribution is 6.22. The number of ether oxygens (including phenoxy) is 1. The smallest absolute Gasteiger partial charge is 0.291 e. The number of benzene rings is 3. The molecule has 0 N–H and O–H groups in total. The van der Waals surface area contributed by atoms with Crippen molar-refractivity contribution in [2.24, 2.45) is 5.10 Å². The minimum atomic E-state index is -2.67. The van der Waals surface area contributed by atoms with Gasteiger partial charge in [-0.3, -0.25) is 14.9 Å². The standard InChI is InChI=1S/C24H20FN3O4/c1-17-24(25,23(29)28(26-17)19-10-4-2-5-11-19)22(16-27(30)31)18-9-8-14-21(15-18)32-20-12-6-3-7-13-20/h2-15,22H,16H2,1H3/t22-,24-/m1/s1. The van der Waals surface area contributed by atoms with Crippen LogP contribution in [0.25, 0.3) is 0 Å². The van der Waals surface area contributed by atoms with Crippen molar-refractivity contribution in [3.63, 3.8) is 0 Å². The van der Waals surface area contributed by atoms with E-state index in [2.05, 4.69) is 5.10 Å². The first-order valence-electron chi connectivity index (χ1n) is 9.98. The van der Waals surface area contributed by atoms with Crippen molar-refractivity contribution in [2.45, 2.75) is 18.5 Å². The van der Waals surface area contributed by atoms with Crippen molar-refractivity contribution in [1.82, 2.24) is 0 Å². The molecule has 4 rings (SSSR count). The Balaban J connectivity index is 1.71. The summed E-state index contributed by atoms with van der Waals surface area (Å²) in [6.45, 7) is 0.588. The molecular formula is C24H20FN3O4. The Kier molecular flexibility index (Phi) is 5.68. The van der Waals surface area contributed by atoms with Crippen LogP contribution >= 0.6 is 0 Å². The van der Waals surface area contributed by atoms with Gasteiger partial charge >= 0.3 is 0 Å². The fourth-order valence-electron chi connectivity index (χ4n) is 3.75. The number of anilines is 1. The third-order valence-corrected chi connectivity index (χ3v) is 5.33. The third kappa shape index (κ3) is 3.94. The number of alkyl halides is 1. The van der Waals surface area contributed by atoms with Crippen molar-refractivity contribution < 1.29 is 18.8 Å². The molecule has 1 heterocycles.